The van der Waals surface area contributed by atoms with Crippen LogP contribution in [0.15, 0.2) is 48.5 Å². The molecule has 17 heavy (non-hydrogen) atoms. The van der Waals surface area contributed by atoms with Crippen molar-refractivity contribution in [3.05, 3.63) is 60.7 Å². The summed E-state index contributed by atoms with van der Waals surface area (Å²) in [5, 5.41) is 4.52. The maximum atomic E-state index is 3.38. The fraction of sp³-hybridized carbons (Fsp3) is 0. The van der Waals surface area contributed by atoms with Gasteiger partial charge < -0.3 is 0 Å². The van der Waals surface area contributed by atoms with E-state index in [4.69, 9.17) is 0 Å². The van der Waals surface area contributed by atoms with Gasteiger partial charge >= 0.3 is 0 Å². The molecule has 0 spiro atoms. The molecule has 0 saturated heterocycles. The van der Waals surface area contributed by atoms with Crippen molar-refractivity contribution in [2.75, 3.05) is 0 Å². The molecule has 0 bridgehead atoms. The predicted octanol–water partition coefficient (Wildman–Crippen LogP) is 3.59. The van der Waals surface area contributed by atoms with Gasteiger partial charge in [0.2, 0.25) is 0 Å². The van der Waals surface area contributed by atoms with E-state index in [9.17, 15) is 0 Å². The van der Waals surface area contributed by atoms with Gasteiger partial charge in [-0.3, -0.25) is 0 Å². The van der Waals surface area contributed by atoms with Gasteiger partial charge in [0.05, 0.1) is 0 Å². The normalized spacial score (nSPS) is 8.94. The van der Waals surface area contributed by atoms with Crippen molar-refractivity contribution >= 4 is 21.5 Å². The Labute approximate surface area is 82.8 Å². The molecule has 3 heteroatoms. The van der Waals surface area contributed by atoms with Crippen molar-refractivity contribution in [3.8, 4) is 0 Å². The Bertz CT molecular complexity index is 500. The Morgan fingerprint density at radius 2 is 0.706 bits per heavy atom. The van der Waals surface area contributed by atoms with Gasteiger partial charge in [0.1, 0.15) is 0 Å². The Morgan fingerprint density at radius 1 is 0.471 bits per heavy atom. The summed E-state index contributed by atoms with van der Waals surface area (Å²) in [6, 6.07) is 23.1. The van der Waals surface area contributed by atoms with E-state index in [-0.39, 0.29) is 0 Å². The van der Waals surface area contributed by atoms with Gasteiger partial charge in [-0.25, -0.2) is 0 Å². The second kappa shape index (κ2) is 3.93. The van der Waals surface area contributed by atoms with Gasteiger partial charge in [-0.1, -0.05) is 0 Å². The van der Waals surface area contributed by atoms with Crippen LogP contribution in [0.25, 0.3) is 21.5 Å². The molecular formula is C14H8Rf3-2. The van der Waals surface area contributed by atoms with Gasteiger partial charge in [-0.05, 0) is 0 Å². The molecule has 3 aromatic carbocycles. The second-order valence-electron chi connectivity index (χ2n) is 3.34. The van der Waals surface area contributed by atoms with Crippen molar-refractivity contribution in [2.24, 2.45) is 0 Å². The fourth-order valence-corrected chi connectivity index (χ4v) is 1.69. The van der Waals surface area contributed by atoms with E-state index in [1.165, 1.54) is 0 Å². The van der Waals surface area contributed by atoms with E-state index < -0.39 is 0 Å². The minimum atomic E-state index is 0. The number of hydrogen-bond donors (Lipinski definition) is 0. The summed E-state index contributed by atoms with van der Waals surface area (Å²) in [6.07, 6.45) is 0. The fourth-order valence-electron chi connectivity index (χ4n) is 1.69. The van der Waals surface area contributed by atoms with E-state index in [0.29, 0.717) is 0 Å². The van der Waals surface area contributed by atoms with Gasteiger partial charge in [0, 0.05) is 0 Å². The molecule has 0 nitrogen and oxygen atoms in total. The molecule has 0 heterocycles. The minimum Gasteiger partial charge on any atom is -0.199 e. The summed E-state index contributed by atoms with van der Waals surface area (Å²) in [7, 11) is 0. The summed E-state index contributed by atoms with van der Waals surface area (Å²) in [4.78, 5) is 0. The summed E-state index contributed by atoms with van der Waals surface area (Å²) < 4.78 is 0. The standard InChI is InChI=1S/C14H8.3Rf/c1-2-6-12-10-14-8-4-3-7-13(14)9-11(12)5-1;;;/h1-8H;;;/q-2;;;. The van der Waals surface area contributed by atoms with E-state index in [2.05, 4.69) is 36.4 Å². The minimum absolute atomic E-state index is 0. The molecule has 0 aromatic heterocycles. The van der Waals surface area contributed by atoms with Crippen LogP contribution in [0.3, 0.4) is 0 Å². The van der Waals surface area contributed by atoms with Crippen LogP contribution in [-0.2, 0) is 0 Å². The average Bonchev–Trinajstić information content (AvgIpc) is 2.26. The zero-order valence-electron chi connectivity index (χ0n) is 9.74. The average molecular weight is 977 g/mol. The Kier molecular flexibility index (Phi) is 2.81. The van der Waals surface area contributed by atoms with Crippen molar-refractivity contribution in [1.82, 2.24) is 0 Å². The monoisotopic (exact) mass is 977 g/mol. The van der Waals surface area contributed by atoms with Crippen LogP contribution >= 0.6 is 0 Å². The number of rotatable bonds is 0. The molecule has 0 aliphatic carbocycles. The van der Waals surface area contributed by atoms with Crippen LogP contribution in [0, 0.1) is 12.1 Å². The molecule has 72 valence electrons. The first-order chi connectivity index (χ1) is 6.93. The van der Waals surface area contributed by atoms with Crippen LogP contribution in [0.4, 0.5) is 0 Å². The van der Waals surface area contributed by atoms with Crippen molar-refractivity contribution in [2.45, 2.75) is 0 Å². The maximum Gasteiger partial charge on any atom is 0 e. The molecule has 0 aliphatic heterocycles. The Balaban J connectivity index is 0.000000853. The van der Waals surface area contributed by atoms with Crippen molar-refractivity contribution in [3.63, 3.8) is 0 Å². The zero-order chi connectivity index (χ0) is 9.38. The summed E-state index contributed by atoms with van der Waals surface area (Å²) in [5.74, 6) is 0. The molecule has 0 saturated carbocycles. The van der Waals surface area contributed by atoms with Crippen molar-refractivity contribution in [1.29, 1.82) is 0 Å². The summed E-state index contributed by atoms with van der Waals surface area (Å²) >= 11 is 0. The van der Waals surface area contributed by atoms with Gasteiger partial charge in [0.15, 0.2) is 0 Å². The van der Waals surface area contributed by atoms with Crippen molar-refractivity contribution < 1.29 is 0 Å². The van der Waals surface area contributed by atoms with Crippen LogP contribution in [-0.4, -0.2) is 0 Å². The third-order valence-corrected chi connectivity index (χ3v) is 2.39. The van der Waals surface area contributed by atoms with E-state index >= 15 is 0 Å². The van der Waals surface area contributed by atoms with Gasteiger partial charge in [-0.2, -0.15) is 57.9 Å². The molecule has 3 rings (SSSR count). The summed E-state index contributed by atoms with van der Waals surface area (Å²) in [5.41, 5.74) is 0. The number of fused-ring (bicyclic) bond motifs is 2. The third kappa shape index (κ3) is 1.49. The molecule has 0 aliphatic rings. The van der Waals surface area contributed by atoms with Gasteiger partial charge in [-0.15, -0.1) is 24.3 Å². The van der Waals surface area contributed by atoms with Crippen LogP contribution in [0.1, 0.15) is 0 Å². The third-order valence-electron chi connectivity index (χ3n) is 2.39. The zero-order valence-corrected chi connectivity index (χ0v) is 28.9. The first-order valence-electron chi connectivity index (χ1n) is 4.65. The van der Waals surface area contributed by atoms with Gasteiger partial charge in [0.25, 0.3) is 0 Å². The van der Waals surface area contributed by atoms with E-state index in [1.807, 2.05) is 24.3 Å². The van der Waals surface area contributed by atoms with E-state index in [1.54, 1.807) is 0 Å². The largest absolute Gasteiger partial charge is 0.199 e. The Hall–Kier alpha value is -4.82. The van der Waals surface area contributed by atoms with Crippen LogP contribution in [0.2, 0.25) is 0 Å². The second-order valence-corrected chi connectivity index (χ2v) is 3.34. The topological polar surface area (TPSA) is 0 Å². The quantitative estimate of drug-likeness (QED) is 0.239. The molecule has 3 aromatic rings. The SMILES string of the molecule is [Rf].[Rf].[Rf].[c-]1c2ccccc2[c-]c2ccccc12. The molecule has 0 radical (unpaired) electrons. The summed E-state index contributed by atoms with van der Waals surface area (Å²) in [6.45, 7) is 0. The maximum absolute atomic E-state index is 3.38. The molecule has 0 unspecified atom stereocenters. The molecule has 0 atom stereocenters. The first-order valence-corrected chi connectivity index (χ1v) is 4.65. The molecule has 0 N–H and O–H groups in total. The van der Waals surface area contributed by atoms with E-state index in [0.717, 1.165) is 21.5 Å². The molecule has 0 fully saturated rings. The van der Waals surface area contributed by atoms with Crippen LogP contribution < -0.4 is 0 Å². The smallest absolute Gasteiger partial charge is 0 e. The molecule has 0 amide bonds. The Morgan fingerprint density at radius 3 is 0.941 bits per heavy atom. The number of hydrogen-bond acceptors (Lipinski definition) is 0. The number of benzene rings is 3. The predicted molar refractivity (Wildman–Crippen MR) is 59.1 cm³/mol. The van der Waals surface area contributed by atoms with Crippen LogP contribution in [0.5, 0.6) is 0 Å². The molecular weight excluding hydrogens is 969 g/mol. The first kappa shape index (κ1) is 12.2.